The molecule has 23 heavy (non-hydrogen) atoms. The van der Waals surface area contributed by atoms with Crippen LogP contribution in [0, 0.1) is 5.82 Å². The molecule has 4 nitrogen and oxygen atoms in total. The first-order chi connectivity index (χ1) is 10.7. The van der Waals surface area contributed by atoms with Crippen LogP contribution in [0.15, 0.2) is 18.2 Å². The van der Waals surface area contributed by atoms with E-state index in [-0.39, 0.29) is 37.1 Å². The number of carbonyl (C=O) groups is 1. The van der Waals surface area contributed by atoms with Crippen molar-refractivity contribution in [3.8, 4) is 5.75 Å². The van der Waals surface area contributed by atoms with Gasteiger partial charge in [0.2, 0.25) is 5.91 Å². The Labute approximate surface area is 131 Å². The van der Waals surface area contributed by atoms with Gasteiger partial charge in [0.05, 0.1) is 13.5 Å². The minimum Gasteiger partial charge on any atom is -0.494 e. The van der Waals surface area contributed by atoms with Crippen LogP contribution in [-0.4, -0.2) is 42.7 Å². The SMILES string of the molecule is COc1ccc(CC(=O)N2C[C@H](N)CC[C@H]2C(F)(F)F)cc1F. The quantitative estimate of drug-likeness (QED) is 0.863. The third kappa shape index (κ3) is 4.13. The Balaban J connectivity index is 2.15. The van der Waals surface area contributed by atoms with Gasteiger partial charge in [-0.3, -0.25) is 4.79 Å². The van der Waals surface area contributed by atoms with Crippen molar-refractivity contribution in [1.82, 2.24) is 4.90 Å². The molecule has 1 fully saturated rings. The highest BCUT2D eigenvalue weighted by Crippen LogP contribution is 2.32. The van der Waals surface area contributed by atoms with E-state index in [2.05, 4.69) is 0 Å². The molecule has 1 aromatic rings. The summed E-state index contributed by atoms with van der Waals surface area (Å²) in [6, 6.07) is 1.56. The molecule has 1 heterocycles. The van der Waals surface area contributed by atoms with Crippen LogP contribution in [0.2, 0.25) is 0 Å². The lowest BCUT2D eigenvalue weighted by molar-refractivity contribution is -0.196. The average Bonchev–Trinajstić information content (AvgIpc) is 2.46. The van der Waals surface area contributed by atoms with E-state index in [1.165, 1.54) is 19.2 Å². The number of hydrogen-bond donors (Lipinski definition) is 1. The van der Waals surface area contributed by atoms with Crippen molar-refractivity contribution < 1.29 is 27.1 Å². The number of nitrogens with zero attached hydrogens (tertiary/aromatic N) is 1. The number of hydrogen-bond acceptors (Lipinski definition) is 3. The van der Waals surface area contributed by atoms with E-state index < -0.39 is 30.0 Å². The topological polar surface area (TPSA) is 55.6 Å². The maximum Gasteiger partial charge on any atom is 0.408 e. The Morgan fingerprint density at radius 3 is 2.65 bits per heavy atom. The van der Waals surface area contributed by atoms with E-state index in [1.807, 2.05) is 0 Å². The lowest BCUT2D eigenvalue weighted by atomic mass is 9.97. The molecule has 0 spiro atoms. The second-order valence-electron chi connectivity index (χ2n) is 5.59. The van der Waals surface area contributed by atoms with Gasteiger partial charge < -0.3 is 15.4 Å². The standard InChI is InChI=1S/C15H18F4N2O2/c1-23-12-4-2-9(6-11(12)16)7-14(22)21-8-10(20)3-5-13(21)15(17,18)19/h2,4,6,10,13H,3,5,7-8,20H2,1H3/t10-,13+/m1/s1. The number of nitrogens with two attached hydrogens (primary N) is 1. The minimum absolute atomic E-state index is 0.00867. The van der Waals surface area contributed by atoms with Crippen molar-refractivity contribution in [2.24, 2.45) is 5.73 Å². The van der Waals surface area contributed by atoms with Crippen molar-refractivity contribution >= 4 is 5.91 Å². The molecular formula is C15H18F4N2O2. The number of likely N-dealkylation sites (tertiary alicyclic amines) is 1. The zero-order valence-electron chi connectivity index (χ0n) is 12.6. The molecule has 1 aliphatic rings. The number of alkyl halides is 3. The molecular weight excluding hydrogens is 316 g/mol. The molecule has 0 radical (unpaired) electrons. The molecule has 8 heteroatoms. The van der Waals surface area contributed by atoms with Crippen LogP contribution in [0.4, 0.5) is 17.6 Å². The molecule has 0 saturated carbocycles. The number of ether oxygens (including phenoxy) is 1. The maximum absolute atomic E-state index is 13.6. The Morgan fingerprint density at radius 1 is 1.39 bits per heavy atom. The number of rotatable bonds is 3. The van der Waals surface area contributed by atoms with E-state index in [0.29, 0.717) is 0 Å². The van der Waals surface area contributed by atoms with Gasteiger partial charge in [0.25, 0.3) is 0 Å². The summed E-state index contributed by atoms with van der Waals surface area (Å²) < 4.78 is 57.6. The second kappa shape index (κ2) is 6.74. The van der Waals surface area contributed by atoms with E-state index in [0.717, 1.165) is 11.0 Å². The van der Waals surface area contributed by atoms with Crippen molar-refractivity contribution in [3.63, 3.8) is 0 Å². The summed E-state index contributed by atoms with van der Waals surface area (Å²) in [5.74, 6) is -1.37. The highest BCUT2D eigenvalue weighted by atomic mass is 19.4. The molecule has 1 saturated heterocycles. The molecule has 1 aromatic carbocycles. The summed E-state index contributed by atoms with van der Waals surface area (Å²) in [7, 11) is 1.30. The normalized spacial score (nSPS) is 22.1. The van der Waals surface area contributed by atoms with E-state index in [9.17, 15) is 22.4 Å². The molecule has 1 amide bonds. The van der Waals surface area contributed by atoms with Gasteiger partial charge in [-0.05, 0) is 30.5 Å². The van der Waals surface area contributed by atoms with E-state index >= 15 is 0 Å². The summed E-state index contributed by atoms with van der Waals surface area (Å²) in [6.45, 7) is -0.151. The summed E-state index contributed by atoms with van der Waals surface area (Å²) in [5, 5.41) is 0. The number of halogens is 4. The minimum atomic E-state index is -4.50. The highest BCUT2D eigenvalue weighted by molar-refractivity contribution is 5.79. The van der Waals surface area contributed by atoms with Gasteiger partial charge in [0.15, 0.2) is 11.6 Å². The van der Waals surface area contributed by atoms with Gasteiger partial charge >= 0.3 is 6.18 Å². The zero-order valence-corrected chi connectivity index (χ0v) is 12.6. The summed E-state index contributed by atoms with van der Waals surface area (Å²) in [4.78, 5) is 13.0. The van der Waals surface area contributed by atoms with Crippen LogP contribution in [-0.2, 0) is 11.2 Å². The molecule has 2 atom stereocenters. The molecule has 0 aromatic heterocycles. The monoisotopic (exact) mass is 334 g/mol. The van der Waals surface area contributed by atoms with Gasteiger partial charge in [-0.15, -0.1) is 0 Å². The van der Waals surface area contributed by atoms with Crippen molar-refractivity contribution in [2.75, 3.05) is 13.7 Å². The van der Waals surface area contributed by atoms with E-state index in [4.69, 9.17) is 10.5 Å². The Kier molecular flexibility index (Phi) is 5.13. The van der Waals surface area contributed by atoms with Crippen LogP contribution >= 0.6 is 0 Å². The lowest BCUT2D eigenvalue weighted by Gasteiger charge is -2.39. The van der Waals surface area contributed by atoms with Crippen LogP contribution in [0.25, 0.3) is 0 Å². The number of methoxy groups -OCH3 is 1. The Hall–Kier alpha value is -1.83. The fourth-order valence-corrected chi connectivity index (χ4v) is 2.71. The first-order valence-corrected chi connectivity index (χ1v) is 7.16. The molecule has 1 aliphatic heterocycles. The summed E-state index contributed by atoms with van der Waals surface area (Å²) in [6.07, 6.45) is -4.82. The lowest BCUT2D eigenvalue weighted by Crippen LogP contribution is -2.57. The molecule has 0 unspecified atom stereocenters. The average molecular weight is 334 g/mol. The van der Waals surface area contributed by atoms with Crippen molar-refractivity contribution in [1.29, 1.82) is 0 Å². The van der Waals surface area contributed by atoms with Crippen LogP contribution < -0.4 is 10.5 Å². The fourth-order valence-electron chi connectivity index (χ4n) is 2.71. The summed E-state index contributed by atoms with van der Waals surface area (Å²) >= 11 is 0. The van der Waals surface area contributed by atoms with Gasteiger partial charge in [0.1, 0.15) is 6.04 Å². The third-order valence-corrected chi connectivity index (χ3v) is 3.89. The van der Waals surface area contributed by atoms with Crippen molar-refractivity contribution in [3.05, 3.63) is 29.6 Å². The van der Waals surface area contributed by atoms with Crippen molar-refractivity contribution in [2.45, 2.75) is 37.5 Å². The van der Waals surface area contributed by atoms with Gasteiger partial charge in [0, 0.05) is 12.6 Å². The van der Waals surface area contributed by atoms with Gasteiger partial charge in [-0.25, -0.2) is 4.39 Å². The molecule has 0 aliphatic carbocycles. The zero-order chi connectivity index (χ0) is 17.2. The predicted octanol–water partition coefficient (Wildman–Crippen LogP) is 2.26. The number of amides is 1. The first-order valence-electron chi connectivity index (χ1n) is 7.16. The summed E-state index contributed by atoms with van der Waals surface area (Å²) in [5.41, 5.74) is 5.97. The largest absolute Gasteiger partial charge is 0.494 e. The maximum atomic E-state index is 13.6. The van der Waals surface area contributed by atoms with Crippen LogP contribution in [0.1, 0.15) is 18.4 Å². The third-order valence-electron chi connectivity index (χ3n) is 3.89. The molecule has 2 N–H and O–H groups in total. The van der Waals surface area contributed by atoms with Crippen LogP contribution in [0.5, 0.6) is 5.75 Å². The van der Waals surface area contributed by atoms with E-state index in [1.54, 1.807) is 0 Å². The molecule has 0 bridgehead atoms. The fraction of sp³-hybridized carbons (Fsp3) is 0.533. The second-order valence-corrected chi connectivity index (χ2v) is 5.59. The number of carbonyl (C=O) groups excluding carboxylic acids is 1. The Bertz CT molecular complexity index is 577. The van der Waals surface area contributed by atoms with Crippen LogP contribution in [0.3, 0.4) is 0 Å². The van der Waals surface area contributed by atoms with Gasteiger partial charge in [-0.2, -0.15) is 13.2 Å². The number of benzene rings is 1. The molecule has 2 rings (SSSR count). The first kappa shape index (κ1) is 17.5. The molecule has 128 valence electrons. The number of piperidine rings is 1. The van der Waals surface area contributed by atoms with Gasteiger partial charge in [-0.1, -0.05) is 6.07 Å². The smallest absolute Gasteiger partial charge is 0.408 e. The predicted molar refractivity (Wildman–Crippen MR) is 75.4 cm³/mol. The highest BCUT2D eigenvalue weighted by Gasteiger charge is 2.47. The Morgan fingerprint density at radius 2 is 2.09 bits per heavy atom.